The maximum Gasteiger partial charge on any atom is 0.320 e. The molecular formula is C29H37N5O3. The van der Waals surface area contributed by atoms with Gasteiger partial charge in [0, 0.05) is 32.2 Å². The van der Waals surface area contributed by atoms with Gasteiger partial charge in [-0.3, -0.25) is 9.69 Å². The van der Waals surface area contributed by atoms with Gasteiger partial charge in [-0.25, -0.2) is 0 Å². The topological polar surface area (TPSA) is 93.8 Å². The van der Waals surface area contributed by atoms with Crippen LogP contribution in [0.2, 0.25) is 0 Å². The number of anilines is 2. The van der Waals surface area contributed by atoms with Crippen LogP contribution in [0, 0.1) is 0 Å². The number of benzene rings is 2. The molecule has 0 saturated carbocycles. The molecule has 2 N–H and O–H groups in total. The Morgan fingerprint density at radius 2 is 1.73 bits per heavy atom. The summed E-state index contributed by atoms with van der Waals surface area (Å²) in [7, 11) is 1.61. The lowest BCUT2D eigenvalue weighted by Gasteiger charge is -2.30. The standard InChI is InChI=1S/C28H33N5O3.CH4/c1-35-13-14-36-28-30-26(29)25-16-24(34)19-33(27(25)31-28)18-20-7-9-22(10-8-20)23-6-4-5-21(15-23)17-32-11-2-3-12-32;/h4-10,15H,2-3,11-14,16-19H2,1H3,(H2,29,30,31);1H4. The molecule has 0 amide bonds. The van der Waals surface area contributed by atoms with Crippen LogP contribution in [-0.4, -0.2) is 60.6 Å². The number of ether oxygens (including phenoxy) is 2. The highest BCUT2D eigenvalue weighted by atomic mass is 16.5. The Labute approximate surface area is 219 Å². The second kappa shape index (κ2) is 12.2. The normalized spacial score (nSPS) is 15.4. The van der Waals surface area contributed by atoms with Gasteiger partial charge in [-0.2, -0.15) is 9.97 Å². The quantitative estimate of drug-likeness (QED) is 0.436. The van der Waals surface area contributed by atoms with Crippen LogP contribution in [0.4, 0.5) is 11.6 Å². The van der Waals surface area contributed by atoms with Crippen molar-refractivity contribution in [1.82, 2.24) is 14.9 Å². The highest BCUT2D eigenvalue weighted by Crippen LogP contribution is 2.31. The van der Waals surface area contributed by atoms with E-state index in [1.165, 1.54) is 42.6 Å². The van der Waals surface area contributed by atoms with Gasteiger partial charge in [-0.15, -0.1) is 0 Å². The Morgan fingerprint density at radius 1 is 0.946 bits per heavy atom. The number of methoxy groups -OCH3 is 1. The number of rotatable bonds is 9. The van der Waals surface area contributed by atoms with Crippen molar-refractivity contribution in [3.05, 3.63) is 65.2 Å². The van der Waals surface area contributed by atoms with E-state index in [-0.39, 0.29) is 38.0 Å². The van der Waals surface area contributed by atoms with Crippen LogP contribution in [0.5, 0.6) is 6.01 Å². The third kappa shape index (κ3) is 6.45. The van der Waals surface area contributed by atoms with Gasteiger partial charge < -0.3 is 20.1 Å². The summed E-state index contributed by atoms with van der Waals surface area (Å²) < 4.78 is 10.6. The first-order valence-corrected chi connectivity index (χ1v) is 12.5. The van der Waals surface area contributed by atoms with Crippen molar-refractivity contribution >= 4 is 17.4 Å². The highest BCUT2D eigenvalue weighted by Gasteiger charge is 2.27. The second-order valence-electron chi connectivity index (χ2n) is 9.49. The molecule has 0 radical (unpaired) electrons. The minimum absolute atomic E-state index is 0. The number of nitrogens with zero attached hydrogens (tertiary/aromatic N) is 4. The van der Waals surface area contributed by atoms with Crippen molar-refractivity contribution < 1.29 is 14.3 Å². The zero-order chi connectivity index (χ0) is 24.9. The summed E-state index contributed by atoms with van der Waals surface area (Å²) in [6.07, 6.45) is 2.84. The first kappa shape index (κ1) is 26.6. The van der Waals surface area contributed by atoms with Crippen molar-refractivity contribution in [2.45, 2.75) is 39.8 Å². The largest absolute Gasteiger partial charge is 0.461 e. The van der Waals surface area contributed by atoms with Gasteiger partial charge >= 0.3 is 6.01 Å². The van der Waals surface area contributed by atoms with Crippen LogP contribution in [0.3, 0.4) is 0 Å². The molecule has 2 aliphatic rings. The number of aromatic nitrogens is 2. The number of nitrogens with two attached hydrogens (primary N) is 1. The average Bonchev–Trinajstić information content (AvgIpc) is 3.39. The molecule has 3 aromatic rings. The summed E-state index contributed by atoms with van der Waals surface area (Å²) >= 11 is 0. The van der Waals surface area contributed by atoms with E-state index in [0.29, 0.717) is 31.1 Å². The summed E-state index contributed by atoms with van der Waals surface area (Å²) in [6, 6.07) is 17.5. The molecule has 37 heavy (non-hydrogen) atoms. The van der Waals surface area contributed by atoms with Gasteiger partial charge in [0.15, 0.2) is 5.78 Å². The van der Waals surface area contributed by atoms with Crippen LogP contribution < -0.4 is 15.4 Å². The Kier molecular flexibility index (Phi) is 8.74. The molecule has 2 aliphatic heterocycles. The predicted octanol–water partition coefficient (Wildman–Crippen LogP) is 4.11. The summed E-state index contributed by atoms with van der Waals surface area (Å²) in [5.41, 5.74) is 11.7. The van der Waals surface area contributed by atoms with E-state index in [1.807, 2.05) is 4.90 Å². The maximum atomic E-state index is 12.5. The summed E-state index contributed by atoms with van der Waals surface area (Å²) in [6.45, 7) is 4.97. The molecule has 1 aromatic heterocycles. The number of likely N-dealkylation sites (tertiary alicyclic amines) is 1. The molecule has 5 rings (SSSR count). The van der Waals surface area contributed by atoms with E-state index in [4.69, 9.17) is 15.2 Å². The third-order valence-electron chi connectivity index (χ3n) is 6.75. The Balaban J connectivity index is 0.00000320. The number of carbonyl (C=O) groups excluding carboxylic acids is 1. The van der Waals surface area contributed by atoms with Crippen LogP contribution in [-0.2, 0) is 29.0 Å². The van der Waals surface area contributed by atoms with Crippen molar-refractivity contribution in [1.29, 1.82) is 0 Å². The van der Waals surface area contributed by atoms with Gasteiger partial charge in [0.1, 0.15) is 18.2 Å². The van der Waals surface area contributed by atoms with Crippen LogP contribution in [0.15, 0.2) is 48.5 Å². The molecule has 0 unspecified atom stereocenters. The molecule has 8 heteroatoms. The minimum Gasteiger partial charge on any atom is -0.461 e. The average molecular weight is 504 g/mol. The highest BCUT2D eigenvalue weighted by molar-refractivity contribution is 5.91. The number of hydrogen-bond donors (Lipinski definition) is 1. The molecule has 1 fully saturated rings. The van der Waals surface area contributed by atoms with E-state index in [2.05, 4.69) is 63.4 Å². The van der Waals surface area contributed by atoms with Crippen molar-refractivity contribution in [3.63, 3.8) is 0 Å². The van der Waals surface area contributed by atoms with Crippen LogP contribution in [0.25, 0.3) is 11.1 Å². The zero-order valence-electron chi connectivity index (χ0n) is 20.8. The summed E-state index contributed by atoms with van der Waals surface area (Å²) in [4.78, 5) is 25.7. The minimum atomic E-state index is 0. The first-order valence-electron chi connectivity index (χ1n) is 12.5. The molecule has 0 bridgehead atoms. The van der Waals surface area contributed by atoms with Gasteiger partial charge in [0.25, 0.3) is 0 Å². The maximum absolute atomic E-state index is 12.5. The molecule has 0 atom stereocenters. The summed E-state index contributed by atoms with van der Waals surface area (Å²) in [5.74, 6) is 1.04. The third-order valence-corrected chi connectivity index (χ3v) is 6.75. The van der Waals surface area contributed by atoms with E-state index < -0.39 is 0 Å². The molecule has 8 nitrogen and oxygen atoms in total. The second-order valence-corrected chi connectivity index (χ2v) is 9.49. The lowest BCUT2D eigenvalue weighted by molar-refractivity contribution is -0.117. The van der Waals surface area contributed by atoms with E-state index in [1.54, 1.807) is 7.11 Å². The van der Waals surface area contributed by atoms with Gasteiger partial charge in [-0.05, 0) is 54.3 Å². The SMILES string of the molecule is C.COCCOc1nc(N)c2c(n1)N(Cc1ccc(-c3cccc(CN4CCCC4)c3)cc1)CC(=O)C2. The fourth-order valence-corrected chi connectivity index (χ4v) is 4.92. The van der Waals surface area contributed by atoms with Crippen LogP contribution >= 0.6 is 0 Å². The Bertz CT molecular complexity index is 1210. The van der Waals surface area contributed by atoms with Crippen molar-refractivity contribution in [2.24, 2.45) is 0 Å². The number of Topliss-reactive ketones (excluding diaryl/α,β-unsaturated/α-hetero) is 1. The molecule has 196 valence electrons. The number of ketones is 1. The van der Waals surface area contributed by atoms with E-state index in [0.717, 1.165) is 12.1 Å². The molecule has 0 spiro atoms. The monoisotopic (exact) mass is 503 g/mol. The lowest BCUT2D eigenvalue weighted by atomic mass is 10.0. The fourth-order valence-electron chi connectivity index (χ4n) is 4.92. The molecule has 3 heterocycles. The van der Waals surface area contributed by atoms with E-state index in [9.17, 15) is 4.79 Å². The molecular weight excluding hydrogens is 466 g/mol. The molecule has 2 aromatic carbocycles. The van der Waals surface area contributed by atoms with Crippen molar-refractivity contribution in [2.75, 3.05) is 50.6 Å². The lowest BCUT2D eigenvalue weighted by Crippen LogP contribution is -2.36. The Hall–Kier alpha value is -3.49. The van der Waals surface area contributed by atoms with Crippen LogP contribution in [0.1, 0.15) is 37.0 Å². The van der Waals surface area contributed by atoms with Gasteiger partial charge in [-0.1, -0.05) is 49.9 Å². The first-order chi connectivity index (χ1) is 17.6. The number of carbonyl (C=O) groups is 1. The fraction of sp³-hybridized carbons (Fsp3) is 0.414. The predicted molar refractivity (Wildman–Crippen MR) is 147 cm³/mol. The number of fused-ring (bicyclic) bond motifs is 1. The smallest absolute Gasteiger partial charge is 0.320 e. The zero-order valence-corrected chi connectivity index (χ0v) is 20.8. The molecule has 0 aliphatic carbocycles. The Morgan fingerprint density at radius 3 is 2.49 bits per heavy atom. The van der Waals surface area contributed by atoms with Gasteiger partial charge in [0.05, 0.1) is 13.2 Å². The molecule has 1 saturated heterocycles. The van der Waals surface area contributed by atoms with Gasteiger partial charge in [0.2, 0.25) is 0 Å². The number of nitrogen functional groups attached to an aromatic ring is 1. The summed E-state index contributed by atoms with van der Waals surface area (Å²) in [5, 5.41) is 0. The van der Waals surface area contributed by atoms with E-state index >= 15 is 0 Å². The number of hydrogen-bond acceptors (Lipinski definition) is 8. The van der Waals surface area contributed by atoms with Crippen molar-refractivity contribution in [3.8, 4) is 17.1 Å².